The molecular formula is C25H31N5O3S2. The van der Waals surface area contributed by atoms with Gasteiger partial charge in [0.1, 0.15) is 0 Å². The van der Waals surface area contributed by atoms with Crippen molar-refractivity contribution >= 4 is 38.7 Å². The molecule has 3 heterocycles. The third kappa shape index (κ3) is 5.19. The van der Waals surface area contributed by atoms with E-state index < -0.39 is 10.0 Å². The molecule has 2 atom stereocenters. The van der Waals surface area contributed by atoms with E-state index in [9.17, 15) is 8.42 Å². The Kier molecular flexibility index (Phi) is 7.16. The van der Waals surface area contributed by atoms with E-state index in [4.69, 9.17) is 17.0 Å². The Balaban J connectivity index is 1.82. The Labute approximate surface area is 212 Å². The summed E-state index contributed by atoms with van der Waals surface area (Å²) in [6, 6.07) is 13.4. The highest BCUT2D eigenvalue weighted by Gasteiger charge is 2.42. The van der Waals surface area contributed by atoms with Gasteiger partial charge in [-0.3, -0.25) is 9.71 Å². The van der Waals surface area contributed by atoms with Crippen molar-refractivity contribution in [3.05, 3.63) is 76.9 Å². The summed E-state index contributed by atoms with van der Waals surface area (Å²) < 4.78 is 33.7. The van der Waals surface area contributed by atoms with E-state index in [1.165, 1.54) is 0 Å². The summed E-state index contributed by atoms with van der Waals surface area (Å²) in [5, 5.41) is 4.08. The van der Waals surface area contributed by atoms with Crippen LogP contribution >= 0.6 is 12.2 Å². The van der Waals surface area contributed by atoms with Crippen LogP contribution in [0, 0.1) is 20.8 Å². The number of benzene rings is 1. The normalized spacial score (nSPS) is 18.1. The lowest BCUT2D eigenvalue weighted by molar-refractivity contribution is 0.186. The van der Waals surface area contributed by atoms with Gasteiger partial charge in [-0.1, -0.05) is 6.07 Å². The molecule has 1 aliphatic rings. The number of rotatable bonds is 8. The van der Waals surface area contributed by atoms with E-state index in [0.717, 1.165) is 46.7 Å². The highest BCUT2D eigenvalue weighted by atomic mass is 32.2. The van der Waals surface area contributed by atoms with Gasteiger partial charge < -0.3 is 19.5 Å². The van der Waals surface area contributed by atoms with Crippen LogP contribution in [0.15, 0.2) is 48.7 Å². The van der Waals surface area contributed by atoms with Crippen LogP contribution in [0.2, 0.25) is 0 Å². The second-order valence-corrected chi connectivity index (χ2v) is 11.0. The molecule has 0 unspecified atom stereocenters. The Morgan fingerprint density at radius 2 is 1.94 bits per heavy atom. The predicted octanol–water partition coefficient (Wildman–Crippen LogP) is 4.00. The van der Waals surface area contributed by atoms with Gasteiger partial charge in [-0.15, -0.1) is 0 Å². The van der Waals surface area contributed by atoms with Crippen molar-refractivity contribution in [2.75, 3.05) is 29.6 Å². The smallest absolute Gasteiger partial charge is 0.229 e. The van der Waals surface area contributed by atoms with Gasteiger partial charge in [0.05, 0.1) is 36.3 Å². The van der Waals surface area contributed by atoms with E-state index in [1.807, 2.05) is 37.3 Å². The number of aryl methyl sites for hydroxylation is 2. The molecule has 0 saturated carbocycles. The molecule has 0 aliphatic carbocycles. The van der Waals surface area contributed by atoms with Crippen molar-refractivity contribution in [2.45, 2.75) is 39.4 Å². The molecule has 3 aromatic rings. The first-order chi connectivity index (χ1) is 16.6. The van der Waals surface area contributed by atoms with E-state index in [0.29, 0.717) is 17.4 Å². The Morgan fingerprint density at radius 1 is 1.17 bits per heavy atom. The quantitative estimate of drug-likeness (QED) is 0.440. The van der Waals surface area contributed by atoms with Crippen molar-refractivity contribution in [2.24, 2.45) is 0 Å². The summed E-state index contributed by atoms with van der Waals surface area (Å²) in [7, 11) is -1.67. The van der Waals surface area contributed by atoms with Crippen LogP contribution in [-0.4, -0.2) is 43.1 Å². The molecule has 1 saturated heterocycles. The van der Waals surface area contributed by atoms with E-state index in [2.05, 4.69) is 44.4 Å². The maximum absolute atomic E-state index is 11.8. The zero-order valence-corrected chi connectivity index (χ0v) is 22.2. The van der Waals surface area contributed by atoms with Crippen molar-refractivity contribution in [1.29, 1.82) is 0 Å². The molecule has 1 fully saturated rings. The molecule has 4 rings (SSSR count). The van der Waals surface area contributed by atoms with Crippen LogP contribution in [0.4, 0.5) is 11.4 Å². The fraction of sp³-hybridized carbons (Fsp3) is 0.360. The minimum absolute atomic E-state index is 0.145. The van der Waals surface area contributed by atoms with E-state index >= 15 is 0 Å². The van der Waals surface area contributed by atoms with E-state index in [1.54, 1.807) is 19.4 Å². The number of nitrogens with zero attached hydrogens (tertiary/aromatic N) is 3. The maximum Gasteiger partial charge on any atom is 0.229 e. The highest BCUT2D eigenvalue weighted by Crippen LogP contribution is 2.43. The number of aromatic nitrogens is 2. The fourth-order valence-corrected chi connectivity index (χ4v) is 5.69. The molecule has 0 spiro atoms. The zero-order valence-electron chi connectivity index (χ0n) is 20.6. The molecule has 8 nitrogen and oxygen atoms in total. The number of sulfonamides is 1. The van der Waals surface area contributed by atoms with Crippen molar-refractivity contribution in [3.63, 3.8) is 0 Å². The average molecular weight is 514 g/mol. The van der Waals surface area contributed by atoms with Gasteiger partial charge in [0.25, 0.3) is 0 Å². The second kappa shape index (κ2) is 9.96. The van der Waals surface area contributed by atoms with Crippen molar-refractivity contribution in [1.82, 2.24) is 14.9 Å². The largest absolute Gasteiger partial charge is 0.383 e. The molecule has 1 aromatic carbocycles. The van der Waals surface area contributed by atoms with Crippen LogP contribution in [-0.2, 0) is 21.3 Å². The van der Waals surface area contributed by atoms with Crippen LogP contribution in [0.3, 0.4) is 0 Å². The fourth-order valence-electron chi connectivity index (χ4n) is 4.71. The molecular weight excluding hydrogens is 482 g/mol. The second-order valence-electron chi connectivity index (χ2n) is 8.84. The maximum atomic E-state index is 11.8. The first-order valence-corrected chi connectivity index (χ1v) is 13.7. The standard InChI is InChI=1S/C25H31N5O3S2/c1-16-14-19(9-10-21(16)28-35(5,31)32)30-24(20-15-17(2)29(18(20)3)12-13-33-4)23(27-25(30)34)22-8-6-7-11-26-22/h6-11,14-15,23-24,28H,12-13H2,1-5H3,(H,27,34)/t23-,24-/m1/s1. The summed E-state index contributed by atoms with van der Waals surface area (Å²) in [4.78, 5) is 6.73. The third-order valence-electron chi connectivity index (χ3n) is 6.33. The van der Waals surface area contributed by atoms with Gasteiger partial charge >= 0.3 is 0 Å². The summed E-state index contributed by atoms with van der Waals surface area (Å²) in [5.41, 5.74) is 6.58. The lowest BCUT2D eigenvalue weighted by Gasteiger charge is -2.29. The zero-order chi connectivity index (χ0) is 25.3. The minimum Gasteiger partial charge on any atom is -0.383 e. The summed E-state index contributed by atoms with van der Waals surface area (Å²) in [5.74, 6) is 0. The lowest BCUT2D eigenvalue weighted by atomic mass is 9.96. The summed E-state index contributed by atoms with van der Waals surface area (Å²) >= 11 is 5.84. The monoisotopic (exact) mass is 513 g/mol. The molecule has 35 heavy (non-hydrogen) atoms. The minimum atomic E-state index is -3.38. The molecule has 186 valence electrons. The number of ether oxygens (including phenoxy) is 1. The molecule has 0 amide bonds. The molecule has 0 radical (unpaired) electrons. The van der Waals surface area contributed by atoms with Crippen LogP contribution in [0.1, 0.15) is 40.3 Å². The molecule has 1 aliphatic heterocycles. The number of nitrogens with one attached hydrogen (secondary N) is 2. The SMILES string of the molecule is COCCn1c(C)cc([C@@H]2[C@@H](c3ccccn3)NC(=S)N2c2ccc(NS(C)(=O)=O)c(C)c2)c1C. The van der Waals surface area contributed by atoms with Gasteiger partial charge in [0.2, 0.25) is 10.0 Å². The first kappa shape index (κ1) is 25.2. The predicted molar refractivity (Wildman–Crippen MR) is 143 cm³/mol. The van der Waals surface area contributed by atoms with Crippen molar-refractivity contribution < 1.29 is 13.2 Å². The van der Waals surface area contributed by atoms with Gasteiger partial charge in [-0.2, -0.15) is 0 Å². The Bertz CT molecular complexity index is 1340. The Hall–Kier alpha value is -2.95. The van der Waals surface area contributed by atoms with Gasteiger partial charge in [-0.25, -0.2) is 8.42 Å². The van der Waals surface area contributed by atoms with E-state index in [-0.39, 0.29) is 12.1 Å². The number of hydrogen-bond acceptors (Lipinski definition) is 5. The van der Waals surface area contributed by atoms with Crippen LogP contribution < -0.4 is 14.9 Å². The lowest BCUT2D eigenvalue weighted by Crippen LogP contribution is -2.29. The summed E-state index contributed by atoms with van der Waals surface area (Å²) in [6.07, 6.45) is 2.93. The third-order valence-corrected chi connectivity index (χ3v) is 7.24. The Morgan fingerprint density at radius 3 is 2.57 bits per heavy atom. The first-order valence-electron chi connectivity index (χ1n) is 11.4. The van der Waals surface area contributed by atoms with Crippen molar-refractivity contribution in [3.8, 4) is 0 Å². The van der Waals surface area contributed by atoms with Crippen LogP contribution in [0.5, 0.6) is 0 Å². The number of thiocarbonyl (C=S) groups is 1. The van der Waals surface area contributed by atoms with Gasteiger partial charge in [0, 0.05) is 36.9 Å². The number of pyridine rings is 1. The van der Waals surface area contributed by atoms with Crippen LogP contribution in [0.25, 0.3) is 0 Å². The number of hydrogen-bond donors (Lipinski definition) is 2. The average Bonchev–Trinajstić information content (AvgIpc) is 3.29. The van der Waals surface area contributed by atoms with Gasteiger partial charge in [0.15, 0.2) is 5.11 Å². The summed E-state index contributed by atoms with van der Waals surface area (Å²) in [6.45, 7) is 7.49. The number of anilines is 2. The molecule has 10 heteroatoms. The number of methoxy groups -OCH3 is 1. The topological polar surface area (TPSA) is 88.5 Å². The molecule has 2 N–H and O–H groups in total. The highest BCUT2D eigenvalue weighted by molar-refractivity contribution is 7.92. The molecule has 0 bridgehead atoms. The van der Waals surface area contributed by atoms with Gasteiger partial charge in [-0.05, 0) is 80.5 Å². The molecule has 2 aromatic heterocycles.